The highest BCUT2D eigenvalue weighted by molar-refractivity contribution is 6.58. The summed E-state index contributed by atoms with van der Waals surface area (Å²) in [5.41, 5.74) is 2.54. The zero-order valence-corrected chi connectivity index (χ0v) is 13.7. The summed E-state index contributed by atoms with van der Waals surface area (Å²) in [6.45, 7) is 16.1. The van der Waals surface area contributed by atoms with Crippen molar-refractivity contribution in [2.75, 3.05) is 26.2 Å². The van der Waals surface area contributed by atoms with Crippen molar-refractivity contribution in [3.05, 3.63) is 11.8 Å². The summed E-state index contributed by atoms with van der Waals surface area (Å²) in [5, 5.41) is 0. The molecule has 0 unspecified atom stereocenters. The van der Waals surface area contributed by atoms with E-state index in [0.29, 0.717) is 0 Å². The maximum atomic E-state index is 2.66. The topological polar surface area (TPSA) is 6.48 Å². The lowest BCUT2D eigenvalue weighted by molar-refractivity contribution is 0.387. The highest BCUT2D eigenvalue weighted by Crippen LogP contribution is 2.05. The Hall–Kier alpha value is -0.123. The zero-order valence-electron chi connectivity index (χ0n) is 12.6. The van der Waals surface area contributed by atoms with E-state index in [2.05, 4.69) is 55.5 Å². The molecule has 0 rings (SSSR count). The van der Waals surface area contributed by atoms with Gasteiger partial charge in [0.1, 0.15) is 0 Å². The zero-order chi connectivity index (χ0) is 13.1. The average Bonchev–Trinajstić information content (AvgIpc) is 2.36. The van der Waals surface area contributed by atoms with E-state index in [4.69, 9.17) is 0 Å². The van der Waals surface area contributed by atoms with Crippen molar-refractivity contribution >= 4 is 9.12 Å². The molecule has 0 spiro atoms. The number of rotatable bonds is 10. The van der Waals surface area contributed by atoms with Crippen LogP contribution < -0.4 is 0 Å². The van der Waals surface area contributed by atoms with Crippen molar-refractivity contribution in [1.29, 1.82) is 0 Å². The van der Waals surface area contributed by atoms with Gasteiger partial charge in [0.25, 0.3) is 0 Å². The first-order chi connectivity index (χ1) is 8.24. The third-order valence-electron chi connectivity index (χ3n) is 3.41. The van der Waals surface area contributed by atoms with Gasteiger partial charge in [-0.2, -0.15) is 0 Å². The van der Waals surface area contributed by atoms with Gasteiger partial charge in [0, 0.05) is 0 Å². The Morgan fingerprint density at radius 2 is 1.29 bits per heavy atom. The molecule has 0 heterocycles. The van der Waals surface area contributed by atoms with Crippen LogP contribution in [0.1, 0.15) is 53.9 Å². The van der Waals surface area contributed by atoms with Crippen LogP contribution in [0.3, 0.4) is 0 Å². The fraction of sp³-hybridized carbons (Fsp3) is 0.857. The molecule has 17 heavy (non-hydrogen) atoms. The quantitative estimate of drug-likeness (QED) is 0.437. The molecule has 0 bridgehead atoms. The Morgan fingerprint density at radius 1 is 0.824 bits per heavy atom. The predicted molar refractivity (Wildman–Crippen MR) is 81.7 cm³/mol. The molecular formula is C14H32N2Si. The average molecular weight is 257 g/mol. The van der Waals surface area contributed by atoms with Gasteiger partial charge in [0.2, 0.25) is 9.12 Å². The van der Waals surface area contributed by atoms with Crippen molar-refractivity contribution in [2.24, 2.45) is 0 Å². The fourth-order valence-corrected chi connectivity index (χ4v) is 5.09. The molecule has 0 aromatic carbocycles. The Balaban J connectivity index is 4.53. The van der Waals surface area contributed by atoms with Gasteiger partial charge in [-0.3, -0.25) is 0 Å². The Bertz CT molecular complexity index is 175. The normalized spacial score (nSPS) is 12.5. The SMILES string of the molecule is CCCCC=C[SiH](N(CC)CC)N(CC)CC. The van der Waals surface area contributed by atoms with Gasteiger partial charge < -0.3 is 9.13 Å². The lowest BCUT2D eigenvalue weighted by Gasteiger charge is -2.34. The molecule has 0 saturated carbocycles. The highest BCUT2D eigenvalue weighted by atomic mass is 28.3. The summed E-state index contributed by atoms with van der Waals surface area (Å²) < 4.78 is 5.32. The molecule has 0 aliphatic carbocycles. The molecule has 0 aliphatic heterocycles. The number of nitrogens with zero attached hydrogens (tertiary/aromatic N) is 2. The van der Waals surface area contributed by atoms with E-state index in [9.17, 15) is 0 Å². The summed E-state index contributed by atoms with van der Waals surface area (Å²) in [4.78, 5) is 0. The van der Waals surface area contributed by atoms with E-state index < -0.39 is 9.12 Å². The third kappa shape index (κ3) is 6.39. The van der Waals surface area contributed by atoms with Gasteiger partial charge in [-0.25, -0.2) is 0 Å². The number of hydrogen-bond donors (Lipinski definition) is 0. The molecule has 0 atom stereocenters. The lowest BCUT2D eigenvalue weighted by atomic mass is 10.2. The van der Waals surface area contributed by atoms with E-state index in [1.165, 1.54) is 45.4 Å². The van der Waals surface area contributed by atoms with Crippen LogP contribution in [-0.4, -0.2) is 44.4 Å². The van der Waals surface area contributed by atoms with Gasteiger partial charge in [0.15, 0.2) is 0 Å². The first-order valence-electron chi connectivity index (χ1n) is 7.39. The van der Waals surface area contributed by atoms with Crippen molar-refractivity contribution < 1.29 is 0 Å². The maximum absolute atomic E-state index is 2.66. The fourth-order valence-electron chi connectivity index (χ4n) is 2.21. The minimum absolute atomic E-state index is 1.02. The standard InChI is InChI=1S/C14H32N2Si/c1-6-11-12-13-14-17(15(7-2)8-3)16(9-4)10-5/h13-14,17H,6-12H2,1-5H3. The van der Waals surface area contributed by atoms with Crippen LogP contribution in [0.5, 0.6) is 0 Å². The van der Waals surface area contributed by atoms with Crippen molar-refractivity contribution in [2.45, 2.75) is 53.9 Å². The maximum Gasteiger partial charge on any atom is 0.215 e. The number of hydrogen-bond acceptors (Lipinski definition) is 2. The van der Waals surface area contributed by atoms with Crippen LogP contribution >= 0.6 is 0 Å². The van der Waals surface area contributed by atoms with Gasteiger partial charge >= 0.3 is 0 Å². The van der Waals surface area contributed by atoms with Crippen LogP contribution in [0.15, 0.2) is 11.8 Å². The van der Waals surface area contributed by atoms with Crippen LogP contribution in [0.25, 0.3) is 0 Å². The van der Waals surface area contributed by atoms with E-state index in [0.717, 1.165) is 0 Å². The summed E-state index contributed by atoms with van der Waals surface area (Å²) in [6, 6.07) is 0. The van der Waals surface area contributed by atoms with Crippen molar-refractivity contribution in [3.8, 4) is 0 Å². The van der Waals surface area contributed by atoms with E-state index >= 15 is 0 Å². The van der Waals surface area contributed by atoms with Gasteiger partial charge in [0.05, 0.1) is 0 Å². The van der Waals surface area contributed by atoms with Crippen LogP contribution in [0.4, 0.5) is 0 Å². The predicted octanol–water partition coefficient (Wildman–Crippen LogP) is 3.18. The molecule has 102 valence electrons. The highest BCUT2D eigenvalue weighted by Gasteiger charge is 2.20. The van der Waals surface area contributed by atoms with Crippen molar-refractivity contribution in [1.82, 2.24) is 9.13 Å². The second kappa shape index (κ2) is 11.0. The van der Waals surface area contributed by atoms with Crippen LogP contribution in [-0.2, 0) is 0 Å². The van der Waals surface area contributed by atoms with Gasteiger partial charge in [-0.05, 0) is 32.6 Å². The molecular weight excluding hydrogens is 224 g/mol. The van der Waals surface area contributed by atoms with E-state index in [1.54, 1.807) is 0 Å². The smallest absolute Gasteiger partial charge is 0.215 e. The number of unbranched alkanes of at least 4 members (excludes halogenated alkanes) is 2. The lowest BCUT2D eigenvalue weighted by Crippen LogP contribution is -2.51. The first kappa shape index (κ1) is 16.9. The number of allylic oxidation sites excluding steroid dienone is 1. The molecule has 0 aliphatic rings. The summed E-state index contributed by atoms with van der Waals surface area (Å²) in [5.74, 6) is 0. The Kier molecular flexibility index (Phi) is 10.9. The molecule has 0 amide bonds. The van der Waals surface area contributed by atoms with Crippen LogP contribution in [0.2, 0.25) is 0 Å². The summed E-state index contributed by atoms with van der Waals surface area (Å²) in [6.07, 6.45) is 6.31. The minimum Gasteiger partial charge on any atom is -0.312 e. The van der Waals surface area contributed by atoms with Gasteiger partial charge in [-0.15, -0.1) is 0 Å². The second-order valence-corrected chi connectivity index (χ2v) is 7.10. The molecule has 2 nitrogen and oxygen atoms in total. The third-order valence-corrected chi connectivity index (χ3v) is 6.98. The van der Waals surface area contributed by atoms with E-state index in [-0.39, 0.29) is 0 Å². The molecule has 0 aromatic rings. The Morgan fingerprint density at radius 3 is 1.65 bits per heavy atom. The largest absolute Gasteiger partial charge is 0.312 e. The molecule has 0 aromatic heterocycles. The van der Waals surface area contributed by atoms with E-state index in [1.807, 2.05) is 0 Å². The minimum atomic E-state index is -1.02. The molecule has 3 heteroatoms. The van der Waals surface area contributed by atoms with Crippen LogP contribution in [0, 0.1) is 0 Å². The molecule has 0 radical (unpaired) electrons. The molecule has 0 N–H and O–H groups in total. The first-order valence-corrected chi connectivity index (χ1v) is 9.09. The van der Waals surface area contributed by atoms with Gasteiger partial charge in [-0.1, -0.05) is 59.2 Å². The second-order valence-electron chi connectivity index (χ2n) is 4.43. The Labute approximate surface area is 110 Å². The monoisotopic (exact) mass is 256 g/mol. The summed E-state index contributed by atoms with van der Waals surface area (Å²) >= 11 is 0. The molecule has 0 saturated heterocycles. The van der Waals surface area contributed by atoms with Crippen molar-refractivity contribution in [3.63, 3.8) is 0 Å². The summed E-state index contributed by atoms with van der Waals surface area (Å²) in [7, 11) is -1.02. The molecule has 0 fully saturated rings.